The molecule has 1 aromatic carbocycles. The van der Waals surface area contributed by atoms with Gasteiger partial charge in [0.05, 0.1) is 4.90 Å². The maximum atomic E-state index is 13.0. The number of hydrogen-bond acceptors (Lipinski definition) is 4. The topological polar surface area (TPSA) is 78.0 Å². The molecule has 182 valence electrons. The Bertz CT molecular complexity index is 927. The number of nitrogens with zero attached hydrogens (tertiary/aromatic N) is 3. The van der Waals surface area contributed by atoms with Crippen LogP contribution in [0.25, 0.3) is 0 Å². The predicted molar refractivity (Wildman–Crippen MR) is 127 cm³/mol. The van der Waals surface area contributed by atoms with Gasteiger partial charge in [0.2, 0.25) is 15.9 Å². The molecule has 1 aromatic rings. The second-order valence-electron chi connectivity index (χ2n) is 9.87. The average molecular weight is 476 g/mol. The van der Waals surface area contributed by atoms with E-state index in [1.807, 2.05) is 4.90 Å². The number of hydrogen-bond donors (Lipinski definition) is 0. The average Bonchev–Trinajstić information content (AvgIpc) is 3.37. The van der Waals surface area contributed by atoms with Crippen molar-refractivity contribution < 1.29 is 18.0 Å². The van der Waals surface area contributed by atoms with E-state index in [2.05, 4.69) is 0 Å². The van der Waals surface area contributed by atoms with Gasteiger partial charge >= 0.3 is 0 Å². The molecule has 2 aliphatic carbocycles. The van der Waals surface area contributed by atoms with Gasteiger partial charge in [-0.05, 0) is 55.9 Å². The molecule has 0 radical (unpaired) electrons. The van der Waals surface area contributed by atoms with Crippen molar-refractivity contribution in [2.45, 2.75) is 75.1 Å². The molecule has 0 spiro atoms. The molecule has 0 unspecified atom stereocenters. The summed E-state index contributed by atoms with van der Waals surface area (Å²) >= 11 is 0. The van der Waals surface area contributed by atoms with Gasteiger partial charge in [-0.1, -0.05) is 32.1 Å². The molecule has 7 nitrogen and oxygen atoms in total. The first-order chi connectivity index (χ1) is 15.9. The Hall–Kier alpha value is -1.93. The minimum atomic E-state index is -3.57. The second-order valence-corrected chi connectivity index (χ2v) is 11.9. The molecule has 2 amide bonds. The molecule has 8 heteroatoms. The smallest absolute Gasteiger partial charge is 0.253 e. The Kier molecular flexibility index (Phi) is 7.74. The number of piperazine rings is 1. The zero-order chi connectivity index (χ0) is 23.4. The Morgan fingerprint density at radius 2 is 1.39 bits per heavy atom. The van der Waals surface area contributed by atoms with E-state index < -0.39 is 10.0 Å². The van der Waals surface area contributed by atoms with E-state index in [1.54, 1.807) is 36.2 Å². The van der Waals surface area contributed by atoms with E-state index in [-0.39, 0.29) is 22.8 Å². The minimum absolute atomic E-state index is 0.0535. The summed E-state index contributed by atoms with van der Waals surface area (Å²) in [6, 6.07) is 6.37. The van der Waals surface area contributed by atoms with Gasteiger partial charge in [-0.3, -0.25) is 9.59 Å². The molecule has 33 heavy (non-hydrogen) atoms. The molecule has 0 atom stereocenters. The van der Waals surface area contributed by atoms with E-state index in [9.17, 15) is 18.0 Å². The third-order valence-electron chi connectivity index (χ3n) is 7.72. The summed E-state index contributed by atoms with van der Waals surface area (Å²) in [5.74, 6) is 0.636. The lowest BCUT2D eigenvalue weighted by Crippen LogP contribution is -2.50. The molecule has 3 aliphatic rings. The third-order valence-corrected chi connectivity index (χ3v) is 9.65. The summed E-state index contributed by atoms with van der Waals surface area (Å²) in [5.41, 5.74) is 0.486. The summed E-state index contributed by atoms with van der Waals surface area (Å²) in [6.07, 6.45) is 10.5. The lowest BCUT2D eigenvalue weighted by atomic mass is 9.96. The van der Waals surface area contributed by atoms with E-state index in [0.717, 1.165) is 38.5 Å². The Labute approximate surface area is 198 Å². The van der Waals surface area contributed by atoms with Crippen LogP contribution in [-0.2, 0) is 14.8 Å². The molecule has 1 aliphatic heterocycles. The summed E-state index contributed by atoms with van der Waals surface area (Å²) in [4.78, 5) is 29.4. The number of carbonyl (C=O) groups is 2. The van der Waals surface area contributed by atoms with Crippen molar-refractivity contribution in [3.63, 3.8) is 0 Å². The largest absolute Gasteiger partial charge is 0.339 e. The molecule has 0 aromatic heterocycles. The number of rotatable bonds is 6. The molecular weight excluding hydrogens is 438 g/mol. The van der Waals surface area contributed by atoms with Crippen LogP contribution < -0.4 is 0 Å². The van der Waals surface area contributed by atoms with Gasteiger partial charge in [-0.2, -0.15) is 4.31 Å². The van der Waals surface area contributed by atoms with Crippen LogP contribution in [0.15, 0.2) is 29.2 Å². The van der Waals surface area contributed by atoms with E-state index >= 15 is 0 Å². The van der Waals surface area contributed by atoms with Crippen LogP contribution in [0.1, 0.15) is 74.6 Å². The SMILES string of the molecule is CN(C1CCCCC1)S(=O)(=O)c1ccc(C(=O)N2CCN(C(=O)CC3CCCC3)CC2)cc1. The van der Waals surface area contributed by atoms with Crippen LogP contribution in [0.3, 0.4) is 0 Å². The van der Waals surface area contributed by atoms with Gasteiger partial charge < -0.3 is 9.80 Å². The van der Waals surface area contributed by atoms with Gasteiger partial charge in [0.25, 0.3) is 5.91 Å². The standard InChI is InChI=1S/C25H37N3O4S/c1-26(22-9-3-2-4-10-22)33(31,32)23-13-11-21(12-14-23)25(30)28-17-15-27(16-18-28)24(29)19-20-7-5-6-8-20/h11-14,20,22H,2-10,15-19H2,1H3. The monoisotopic (exact) mass is 475 g/mol. The van der Waals surface area contributed by atoms with Gasteiger partial charge in [-0.15, -0.1) is 0 Å². The van der Waals surface area contributed by atoms with E-state index in [1.165, 1.54) is 23.6 Å². The number of amides is 2. The molecule has 0 bridgehead atoms. The summed E-state index contributed by atoms with van der Waals surface area (Å²) in [5, 5.41) is 0. The Morgan fingerprint density at radius 1 is 0.848 bits per heavy atom. The van der Waals surface area contributed by atoms with Gasteiger partial charge in [0, 0.05) is 51.3 Å². The summed E-state index contributed by atoms with van der Waals surface area (Å²) < 4.78 is 27.6. The normalized spacial score (nSPS) is 21.0. The van der Waals surface area contributed by atoms with Crippen molar-refractivity contribution in [3.8, 4) is 0 Å². The van der Waals surface area contributed by atoms with Crippen LogP contribution >= 0.6 is 0 Å². The van der Waals surface area contributed by atoms with E-state index in [0.29, 0.717) is 44.1 Å². The molecule has 1 heterocycles. The van der Waals surface area contributed by atoms with Crippen LogP contribution in [0.2, 0.25) is 0 Å². The van der Waals surface area contributed by atoms with Gasteiger partial charge in [0.1, 0.15) is 0 Å². The van der Waals surface area contributed by atoms with Crippen molar-refractivity contribution in [2.24, 2.45) is 5.92 Å². The highest BCUT2D eigenvalue weighted by Gasteiger charge is 2.30. The predicted octanol–water partition coefficient (Wildman–Crippen LogP) is 3.50. The molecule has 1 saturated heterocycles. The van der Waals surface area contributed by atoms with E-state index in [4.69, 9.17) is 0 Å². The van der Waals surface area contributed by atoms with Crippen molar-refractivity contribution in [1.82, 2.24) is 14.1 Å². The van der Waals surface area contributed by atoms with Crippen molar-refractivity contribution in [1.29, 1.82) is 0 Å². The fourth-order valence-corrected chi connectivity index (χ4v) is 6.92. The number of carbonyl (C=O) groups excluding carboxylic acids is 2. The first-order valence-corrected chi connectivity index (χ1v) is 14.0. The van der Waals surface area contributed by atoms with Crippen LogP contribution in [0.4, 0.5) is 0 Å². The van der Waals surface area contributed by atoms with Crippen molar-refractivity contribution in [3.05, 3.63) is 29.8 Å². The Balaban J connectivity index is 1.32. The fraction of sp³-hybridized carbons (Fsp3) is 0.680. The highest BCUT2D eigenvalue weighted by atomic mass is 32.2. The van der Waals surface area contributed by atoms with Crippen LogP contribution in [0, 0.1) is 5.92 Å². The summed E-state index contributed by atoms with van der Waals surface area (Å²) in [7, 11) is -1.90. The van der Waals surface area contributed by atoms with Gasteiger partial charge in [0.15, 0.2) is 0 Å². The van der Waals surface area contributed by atoms with Crippen molar-refractivity contribution in [2.75, 3.05) is 33.2 Å². The zero-order valence-corrected chi connectivity index (χ0v) is 20.6. The summed E-state index contributed by atoms with van der Waals surface area (Å²) in [6.45, 7) is 2.16. The van der Waals surface area contributed by atoms with Crippen LogP contribution in [0.5, 0.6) is 0 Å². The third kappa shape index (κ3) is 5.60. The van der Waals surface area contributed by atoms with Crippen molar-refractivity contribution >= 4 is 21.8 Å². The van der Waals surface area contributed by atoms with Crippen LogP contribution in [-0.4, -0.2) is 73.6 Å². The van der Waals surface area contributed by atoms with Gasteiger partial charge in [-0.25, -0.2) is 8.42 Å². The molecular formula is C25H37N3O4S. The lowest BCUT2D eigenvalue weighted by Gasteiger charge is -2.35. The maximum absolute atomic E-state index is 13.0. The molecule has 0 N–H and O–H groups in total. The fourth-order valence-electron chi connectivity index (χ4n) is 5.51. The molecule has 4 rings (SSSR count). The molecule has 3 fully saturated rings. The zero-order valence-electron chi connectivity index (χ0n) is 19.7. The molecule has 2 saturated carbocycles. The second kappa shape index (κ2) is 10.6. The lowest BCUT2D eigenvalue weighted by molar-refractivity contribution is -0.133. The number of sulfonamides is 1. The highest BCUT2D eigenvalue weighted by Crippen LogP contribution is 2.29. The minimum Gasteiger partial charge on any atom is -0.339 e. The highest BCUT2D eigenvalue weighted by molar-refractivity contribution is 7.89. The first-order valence-electron chi connectivity index (χ1n) is 12.5. The quantitative estimate of drug-likeness (QED) is 0.631. The maximum Gasteiger partial charge on any atom is 0.253 e. The number of benzene rings is 1. The first kappa shape index (κ1) is 24.2. The Morgan fingerprint density at radius 3 is 2.00 bits per heavy atom.